The number of carbonyl (C=O) groups is 1. The smallest absolute Gasteiger partial charge is 0.179 e. The lowest BCUT2D eigenvalue weighted by Gasteiger charge is -2.11. The van der Waals surface area contributed by atoms with Crippen LogP contribution in [0.25, 0.3) is 6.08 Å². The highest BCUT2D eigenvalue weighted by Gasteiger charge is 2.22. The van der Waals surface area contributed by atoms with Gasteiger partial charge >= 0.3 is 0 Å². The molecular formula is C19H23NO3. The molecule has 0 heterocycles. The average Bonchev–Trinajstić information content (AvgIpc) is 3.40. The van der Waals surface area contributed by atoms with Gasteiger partial charge in [0.2, 0.25) is 0 Å². The van der Waals surface area contributed by atoms with Crippen LogP contribution in [0.4, 0.5) is 0 Å². The van der Waals surface area contributed by atoms with Crippen LogP contribution < -0.4 is 9.47 Å². The van der Waals surface area contributed by atoms with Crippen LogP contribution in [-0.2, 0) is 4.79 Å². The lowest BCUT2D eigenvalue weighted by Crippen LogP contribution is -2.02. The summed E-state index contributed by atoms with van der Waals surface area (Å²) in [4.78, 5) is 13.0. The molecular weight excluding hydrogens is 290 g/mol. The van der Waals surface area contributed by atoms with E-state index in [1.165, 1.54) is 25.0 Å². The monoisotopic (exact) mass is 313 g/mol. The van der Waals surface area contributed by atoms with Gasteiger partial charge in [-0.05, 0) is 48.6 Å². The summed E-state index contributed by atoms with van der Waals surface area (Å²) < 4.78 is 11.2. The third kappa shape index (κ3) is 5.66. The van der Waals surface area contributed by atoms with Gasteiger partial charge in [-0.25, -0.2) is 0 Å². The standard InChI is InChI=1S/C19H23NO3/c1-4-17(21)10-12-20(2)11-9-15-7-8-18(22-3)19(13-15)23-14-16-5-6-16/h4,7-13,16H,1,5-6,14H2,2-3H3/b11-9+,12-10-. The van der Waals surface area contributed by atoms with Crippen LogP contribution in [0.5, 0.6) is 11.5 Å². The fourth-order valence-electron chi connectivity index (χ4n) is 1.91. The third-order valence-electron chi connectivity index (χ3n) is 3.54. The molecule has 1 aromatic carbocycles. The van der Waals surface area contributed by atoms with Crippen molar-refractivity contribution >= 4 is 11.9 Å². The van der Waals surface area contributed by atoms with E-state index in [0.717, 1.165) is 23.7 Å². The van der Waals surface area contributed by atoms with E-state index in [4.69, 9.17) is 9.47 Å². The number of rotatable bonds is 9. The van der Waals surface area contributed by atoms with Crippen LogP contribution in [0, 0.1) is 5.92 Å². The maximum absolute atomic E-state index is 11.2. The van der Waals surface area contributed by atoms with Crippen molar-refractivity contribution < 1.29 is 14.3 Å². The highest BCUT2D eigenvalue weighted by molar-refractivity contribution is 5.98. The molecule has 0 unspecified atom stereocenters. The van der Waals surface area contributed by atoms with E-state index in [2.05, 4.69) is 6.58 Å². The van der Waals surface area contributed by atoms with Crippen molar-refractivity contribution in [1.82, 2.24) is 4.90 Å². The first-order valence-corrected chi connectivity index (χ1v) is 7.68. The van der Waals surface area contributed by atoms with Crippen molar-refractivity contribution in [3.63, 3.8) is 0 Å². The number of ether oxygens (including phenoxy) is 2. The summed E-state index contributed by atoms with van der Waals surface area (Å²) in [5.74, 6) is 2.08. The van der Waals surface area contributed by atoms with Gasteiger partial charge in [-0.2, -0.15) is 0 Å². The molecule has 1 aliphatic rings. The molecule has 0 aromatic heterocycles. The molecule has 0 N–H and O–H groups in total. The summed E-state index contributed by atoms with van der Waals surface area (Å²) in [6, 6.07) is 5.83. The molecule has 1 aliphatic carbocycles. The van der Waals surface area contributed by atoms with Crippen molar-refractivity contribution in [3.05, 3.63) is 54.9 Å². The molecule has 0 spiro atoms. The average molecular weight is 313 g/mol. The van der Waals surface area contributed by atoms with E-state index < -0.39 is 0 Å². The second-order valence-corrected chi connectivity index (χ2v) is 5.57. The first-order valence-electron chi connectivity index (χ1n) is 7.68. The normalized spacial score (nSPS) is 14.2. The maximum atomic E-state index is 11.2. The van der Waals surface area contributed by atoms with Gasteiger partial charge < -0.3 is 14.4 Å². The van der Waals surface area contributed by atoms with Gasteiger partial charge in [-0.1, -0.05) is 12.6 Å². The summed E-state index contributed by atoms with van der Waals surface area (Å²) in [5, 5.41) is 0. The summed E-state index contributed by atoms with van der Waals surface area (Å²) in [5.41, 5.74) is 1.01. The molecule has 0 saturated heterocycles. The fourth-order valence-corrected chi connectivity index (χ4v) is 1.91. The molecule has 0 aliphatic heterocycles. The van der Waals surface area contributed by atoms with Gasteiger partial charge in [0.25, 0.3) is 0 Å². The number of benzene rings is 1. The predicted molar refractivity (Wildman–Crippen MR) is 92.4 cm³/mol. The molecule has 0 amide bonds. The molecule has 4 nitrogen and oxygen atoms in total. The Morgan fingerprint density at radius 3 is 2.78 bits per heavy atom. The molecule has 1 fully saturated rings. The van der Waals surface area contributed by atoms with Gasteiger partial charge in [-0.3, -0.25) is 4.79 Å². The van der Waals surface area contributed by atoms with Crippen molar-refractivity contribution in [2.75, 3.05) is 20.8 Å². The minimum atomic E-state index is -0.120. The summed E-state index contributed by atoms with van der Waals surface area (Å²) >= 11 is 0. The Morgan fingerprint density at radius 2 is 2.13 bits per heavy atom. The molecule has 23 heavy (non-hydrogen) atoms. The molecule has 1 saturated carbocycles. The molecule has 1 aromatic rings. The number of ketones is 1. The Labute approximate surface area is 137 Å². The first-order chi connectivity index (χ1) is 11.1. The summed E-state index contributed by atoms with van der Waals surface area (Å²) in [7, 11) is 3.50. The highest BCUT2D eigenvalue weighted by Crippen LogP contribution is 2.33. The van der Waals surface area contributed by atoms with Crippen molar-refractivity contribution in [3.8, 4) is 11.5 Å². The van der Waals surface area contributed by atoms with Crippen LogP contribution in [0.1, 0.15) is 18.4 Å². The van der Waals surface area contributed by atoms with Gasteiger partial charge in [0.15, 0.2) is 17.3 Å². The largest absolute Gasteiger partial charge is 0.493 e. The number of hydrogen-bond acceptors (Lipinski definition) is 4. The minimum Gasteiger partial charge on any atom is -0.493 e. The Morgan fingerprint density at radius 1 is 1.35 bits per heavy atom. The molecule has 122 valence electrons. The lowest BCUT2D eigenvalue weighted by molar-refractivity contribution is -0.110. The van der Waals surface area contributed by atoms with Crippen molar-refractivity contribution in [1.29, 1.82) is 0 Å². The number of allylic oxidation sites excluding steroid dienone is 2. The Balaban J connectivity index is 2.01. The highest BCUT2D eigenvalue weighted by atomic mass is 16.5. The van der Waals surface area contributed by atoms with Gasteiger partial charge in [0, 0.05) is 25.5 Å². The van der Waals surface area contributed by atoms with Crippen LogP contribution in [0.2, 0.25) is 0 Å². The zero-order chi connectivity index (χ0) is 16.7. The van der Waals surface area contributed by atoms with Crippen LogP contribution >= 0.6 is 0 Å². The van der Waals surface area contributed by atoms with E-state index in [0.29, 0.717) is 5.92 Å². The van der Waals surface area contributed by atoms with E-state index in [1.54, 1.807) is 18.2 Å². The zero-order valence-corrected chi connectivity index (χ0v) is 13.7. The van der Waals surface area contributed by atoms with E-state index in [9.17, 15) is 4.79 Å². The first kappa shape index (κ1) is 16.9. The van der Waals surface area contributed by atoms with Crippen LogP contribution in [-0.4, -0.2) is 31.4 Å². The second kappa shape index (κ2) is 8.22. The molecule has 0 bridgehead atoms. The van der Waals surface area contributed by atoms with Gasteiger partial charge in [0.1, 0.15) is 0 Å². The van der Waals surface area contributed by atoms with E-state index in [-0.39, 0.29) is 5.78 Å². The SMILES string of the molecule is C=CC(=O)/C=C\N(C)/C=C/c1ccc(OC)c(OCC2CC2)c1. The van der Waals surface area contributed by atoms with Gasteiger partial charge in [0.05, 0.1) is 13.7 Å². The fraction of sp³-hybridized carbons (Fsp3) is 0.316. The molecule has 4 heteroatoms. The van der Waals surface area contributed by atoms with Crippen molar-refractivity contribution in [2.45, 2.75) is 12.8 Å². The number of carbonyl (C=O) groups excluding carboxylic acids is 1. The van der Waals surface area contributed by atoms with Crippen LogP contribution in [0.3, 0.4) is 0 Å². The molecule has 0 atom stereocenters. The maximum Gasteiger partial charge on any atom is 0.179 e. The quantitative estimate of drug-likeness (QED) is 0.652. The Hall–Kier alpha value is -2.49. The summed E-state index contributed by atoms with van der Waals surface area (Å²) in [6.45, 7) is 4.18. The number of nitrogens with zero attached hydrogens (tertiary/aromatic N) is 1. The number of hydrogen-bond donors (Lipinski definition) is 0. The molecule has 2 rings (SSSR count). The van der Waals surface area contributed by atoms with E-state index in [1.807, 2.05) is 37.5 Å². The minimum absolute atomic E-state index is 0.120. The topological polar surface area (TPSA) is 38.8 Å². The third-order valence-corrected chi connectivity index (χ3v) is 3.54. The predicted octanol–water partition coefficient (Wildman–Crippen LogP) is 3.66. The summed E-state index contributed by atoms with van der Waals surface area (Å²) in [6.07, 6.45) is 10.8. The second-order valence-electron chi connectivity index (χ2n) is 5.57. The van der Waals surface area contributed by atoms with Gasteiger partial charge in [-0.15, -0.1) is 0 Å². The Kier molecular flexibility index (Phi) is 6.03. The van der Waals surface area contributed by atoms with Crippen molar-refractivity contribution in [2.24, 2.45) is 5.92 Å². The number of methoxy groups -OCH3 is 1. The van der Waals surface area contributed by atoms with Crippen LogP contribution in [0.15, 0.2) is 49.3 Å². The molecule has 0 radical (unpaired) electrons. The Bertz CT molecular complexity index is 615. The lowest BCUT2D eigenvalue weighted by atomic mass is 10.2. The van der Waals surface area contributed by atoms with E-state index >= 15 is 0 Å². The zero-order valence-electron chi connectivity index (χ0n) is 13.7.